The maximum absolute atomic E-state index is 13.3. The van der Waals surface area contributed by atoms with Crippen molar-refractivity contribution in [1.29, 1.82) is 0 Å². The van der Waals surface area contributed by atoms with Gasteiger partial charge < -0.3 is 9.64 Å². The molecule has 0 aliphatic carbocycles. The fourth-order valence-electron chi connectivity index (χ4n) is 2.86. The molecule has 0 N–H and O–H groups in total. The Morgan fingerprint density at radius 2 is 1.94 bits per heavy atom. The minimum atomic E-state index is -0.760. The first-order chi connectivity index (χ1) is 15.4. The lowest BCUT2D eigenvalue weighted by Gasteiger charge is -2.27. The first-order valence-electron chi connectivity index (χ1n) is 10.2. The molecule has 2 rings (SSSR count). The van der Waals surface area contributed by atoms with Gasteiger partial charge in [-0.05, 0) is 32.9 Å². The van der Waals surface area contributed by atoms with Crippen LogP contribution in [-0.4, -0.2) is 51.2 Å². The summed E-state index contributed by atoms with van der Waals surface area (Å²) in [5.74, 6) is -1.25. The van der Waals surface area contributed by atoms with Crippen molar-refractivity contribution in [2.75, 3.05) is 13.1 Å². The van der Waals surface area contributed by atoms with Crippen LogP contribution >= 0.6 is 11.3 Å². The van der Waals surface area contributed by atoms with Gasteiger partial charge in [-0.25, -0.2) is 14.2 Å². The van der Waals surface area contributed by atoms with Crippen LogP contribution < -0.4 is 0 Å². The summed E-state index contributed by atoms with van der Waals surface area (Å²) in [6.45, 7) is 6.84. The van der Waals surface area contributed by atoms with Crippen LogP contribution in [0.2, 0.25) is 0 Å². The first-order valence-corrected chi connectivity index (χ1v) is 11.1. The third kappa shape index (κ3) is 8.33. The van der Waals surface area contributed by atoms with E-state index in [-0.39, 0.29) is 43.1 Å². The summed E-state index contributed by atoms with van der Waals surface area (Å²) in [5.41, 5.74) is -0.737. The first kappa shape index (κ1) is 26.0. The molecular weight excluding hydrogens is 453 g/mol. The van der Waals surface area contributed by atoms with Gasteiger partial charge in [-0.3, -0.25) is 19.7 Å². The fourth-order valence-corrected chi connectivity index (χ4v) is 3.68. The van der Waals surface area contributed by atoms with Crippen LogP contribution in [0.3, 0.4) is 0 Å². The third-order valence-electron chi connectivity index (χ3n) is 4.45. The summed E-state index contributed by atoms with van der Waals surface area (Å²) in [6.07, 6.45) is -0.557. The Morgan fingerprint density at radius 3 is 2.52 bits per heavy atom. The summed E-state index contributed by atoms with van der Waals surface area (Å²) in [7, 11) is 0. The number of benzene rings is 1. The van der Waals surface area contributed by atoms with Gasteiger partial charge in [0.1, 0.15) is 22.9 Å². The predicted molar refractivity (Wildman–Crippen MR) is 120 cm³/mol. The molecule has 1 amide bonds. The molecule has 0 aliphatic rings. The van der Waals surface area contributed by atoms with E-state index in [0.717, 1.165) is 12.1 Å². The molecule has 0 atom stereocenters. The van der Waals surface area contributed by atoms with Gasteiger partial charge in [-0.2, -0.15) is 0 Å². The SMILES string of the molecule is CC(=O)c1csc(CCN(CCC(=O)Cc2ccc(F)cc2[N+](=O)[O-])C(=O)OC(C)(C)C)n1. The standard InChI is InChI=1S/C22H26FN3O6S/c1-14(27)18-13-33-20(24-18)8-10-25(21(29)32-22(2,3)4)9-7-17(28)11-15-5-6-16(23)12-19(15)26(30)31/h5-6,12-13H,7-11H2,1-4H3. The maximum Gasteiger partial charge on any atom is 0.410 e. The Hall–Kier alpha value is -3.21. The average Bonchev–Trinajstić information content (AvgIpc) is 3.17. The van der Waals surface area contributed by atoms with E-state index in [9.17, 15) is 28.9 Å². The number of aromatic nitrogens is 1. The van der Waals surface area contributed by atoms with Crippen molar-refractivity contribution in [2.45, 2.75) is 52.6 Å². The van der Waals surface area contributed by atoms with Crippen molar-refractivity contribution >= 4 is 34.7 Å². The number of hydrogen-bond acceptors (Lipinski definition) is 8. The Balaban J connectivity index is 2.05. The molecule has 1 heterocycles. The quantitative estimate of drug-likeness (QED) is 0.282. The molecule has 0 unspecified atom stereocenters. The number of nitrogens with zero attached hydrogens (tertiary/aromatic N) is 3. The summed E-state index contributed by atoms with van der Waals surface area (Å²) >= 11 is 1.30. The van der Waals surface area contributed by atoms with Crippen molar-refractivity contribution in [1.82, 2.24) is 9.88 Å². The molecule has 0 fully saturated rings. The van der Waals surface area contributed by atoms with E-state index in [1.165, 1.54) is 29.2 Å². The normalized spacial score (nSPS) is 11.2. The third-order valence-corrected chi connectivity index (χ3v) is 5.36. The number of ketones is 2. The highest BCUT2D eigenvalue weighted by molar-refractivity contribution is 7.09. The lowest BCUT2D eigenvalue weighted by Crippen LogP contribution is -2.39. The van der Waals surface area contributed by atoms with Crippen molar-refractivity contribution in [3.05, 3.63) is 55.8 Å². The van der Waals surface area contributed by atoms with Crippen molar-refractivity contribution < 1.29 is 28.4 Å². The van der Waals surface area contributed by atoms with Gasteiger partial charge >= 0.3 is 6.09 Å². The zero-order valence-corrected chi connectivity index (χ0v) is 19.7. The number of carbonyl (C=O) groups excluding carboxylic acids is 3. The summed E-state index contributed by atoms with van der Waals surface area (Å²) < 4.78 is 18.7. The van der Waals surface area contributed by atoms with E-state index in [1.54, 1.807) is 26.2 Å². The Morgan fingerprint density at radius 1 is 1.24 bits per heavy atom. The smallest absolute Gasteiger partial charge is 0.410 e. The number of rotatable bonds is 10. The molecule has 1 aromatic carbocycles. The van der Waals surface area contributed by atoms with Crippen LogP contribution in [0.15, 0.2) is 23.6 Å². The number of halogens is 1. The number of hydrogen-bond donors (Lipinski definition) is 0. The number of thiazole rings is 1. The van der Waals surface area contributed by atoms with Crippen molar-refractivity contribution in [3.8, 4) is 0 Å². The van der Waals surface area contributed by atoms with Gasteiger partial charge in [-0.1, -0.05) is 0 Å². The monoisotopic (exact) mass is 479 g/mol. The topological polar surface area (TPSA) is 120 Å². The van der Waals surface area contributed by atoms with Gasteiger partial charge in [0, 0.05) is 50.2 Å². The second-order valence-electron chi connectivity index (χ2n) is 8.40. The molecule has 0 bridgehead atoms. The minimum Gasteiger partial charge on any atom is -0.444 e. The van der Waals surface area contributed by atoms with Gasteiger partial charge in [-0.15, -0.1) is 11.3 Å². The van der Waals surface area contributed by atoms with Crippen LogP contribution in [0.25, 0.3) is 0 Å². The van der Waals surface area contributed by atoms with E-state index >= 15 is 0 Å². The Bertz CT molecular complexity index is 1050. The van der Waals surface area contributed by atoms with Crippen LogP contribution in [0.5, 0.6) is 0 Å². The van der Waals surface area contributed by atoms with Crippen molar-refractivity contribution in [3.63, 3.8) is 0 Å². The molecule has 0 spiro atoms. The van der Waals surface area contributed by atoms with Gasteiger partial charge in [0.05, 0.1) is 16.0 Å². The largest absolute Gasteiger partial charge is 0.444 e. The fraction of sp³-hybridized carbons (Fsp3) is 0.455. The molecule has 11 heteroatoms. The lowest BCUT2D eigenvalue weighted by atomic mass is 10.0. The number of nitro groups is 1. The zero-order chi connectivity index (χ0) is 24.8. The molecule has 2 aromatic rings. The minimum absolute atomic E-state index is 0.0354. The maximum atomic E-state index is 13.3. The van der Waals surface area contributed by atoms with E-state index in [1.807, 2.05) is 0 Å². The predicted octanol–water partition coefficient (Wildman–Crippen LogP) is 4.37. The summed E-state index contributed by atoms with van der Waals surface area (Å²) in [6, 6.07) is 3.05. The highest BCUT2D eigenvalue weighted by Gasteiger charge is 2.24. The summed E-state index contributed by atoms with van der Waals surface area (Å²) in [4.78, 5) is 52.6. The molecule has 178 valence electrons. The second-order valence-corrected chi connectivity index (χ2v) is 9.34. The Labute approximate surface area is 194 Å². The number of ether oxygens (including phenoxy) is 1. The van der Waals surface area contributed by atoms with Crippen LogP contribution in [0, 0.1) is 15.9 Å². The number of carbonyl (C=O) groups is 3. The van der Waals surface area contributed by atoms with Crippen LogP contribution in [-0.2, 0) is 22.4 Å². The van der Waals surface area contributed by atoms with E-state index in [0.29, 0.717) is 17.1 Å². The number of Topliss-reactive ketones (excluding diaryl/α,β-unsaturated/α-hetero) is 2. The van der Waals surface area contributed by atoms with E-state index in [4.69, 9.17) is 4.74 Å². The van der Waals surface area contributed by atoms with Gasteiger partial charge in [0.15, 0.2) is 5.78 Å². The average molecular weight is 480 g/mol. The van der Waals surface area contributed by atoms with E-state index in [2.05, 4.69) is 4.98 Å². The molecule has 33 heavy (non-hydrogen) atoms. The van der Waals surface area contributed by atoms with E-state index < -0.39 is 28.1 Å². The van der Waals surface area contributed by atoms with Crippen molar-refractivity contribution in [2.24, 2.45) is 0 Å². The second kappa shape index (κ2) is 11.1. The highest BCUT2D eigenvalue weighted by atomic mass is 32.1. The van der Waals surface area contributed by atoms with Crippen LogP contribution in [0.1, 0.15) is 55.2 Å². The lowest BCUT2D eigenvalue weighted by molar-refractivity contribution is -0.385. The molecule has 9 nitrogen and oxygen atoms in total. The number of nitro benzene ring substituents is 1. The number of amides is 1. The zero-order valence-electron chi connectivity index (χ0n) is 18.9. The Kier molecular flexibility index (Phi) is 8.75. The summed E-state index contributed by atoms with van der Waals surface area (Å²) in [5, 5.41) is 13.5. The molecule has 0 saturated heterocycles. The van der Waals surface area contributed by atoms with Gasteiger partial charge in [0.2, 0.25) is 0 Å². The highest BCUT2D eigenvalue weighted by Crippen LogP contribution is 2.21. The van der Waals surface area contributed by atoms with Gasteiger partial charge in [0.25, 0.3) is 5.69 Å². The molecule has 0 aliphatic heterocycles. The van der Waals surface area contributed by atoms with Crippen LogP contribution in [0.4, 0.5) is 14.9 Å². The molecule has 0 radical (unpaired) electrons. The molecular formula is C22H26FN3O6S. The molecule has 0 saturated carbocycles. The molecule has 1 aromatic heterocycles.